The third-order valence-electron chi connectivity index (χ3n) is 3.15. The van der Waals surface area contributed by atoms with Gasteiger partial charge < -0.3 is 14.7 Å². The summed E-state index contributed by atoms with van der Waals surface area (Å²) in [6, 6.07) is 8.19. The molecule has 1 aromatic carbocycles. The molecule has 1 N–H and O–H groups in total. The maximum Gasteiger partial charge on any atom is 0.0802 e. The number of likely N-dealkylation sites (N-methyl/N-ethyl adjacent to an activating group) is 1. The molecular weight excluding hydrogens is 294 g/mol. The number of ether oxygens (including phenoxy) is 1. The number of halogens is 1. The fourth-order valence-corrected chi connectivity index (χ4v) is 2.21. The van der Waals surface area contributed by atoms with E-state index in [-0.39, 0.29) is 0 Å². The Bertz CT molecular complexity index is 359. The Hall–Kier alpha value is -0.420. The van der Waals surface area contributed by atoms with Crippen LogP contribution in [0, 0.1) is 0 Å². The molecule has 2 unspecified atom stereocenters. The van der Waals surface area contributed by atoms with Gasteiger partial charge >= 0.3 is 0 Å². The highest BCUT2D eigenvalue weighted by atomic mass is 79.9. The molecule has 2 atom stereocenters. The maximum atomic E-state index is 10.1. The van der Waals surface area contributed by atoms with Gasteiger partial charge in [-0.1, -0.05) is 28.1 Å². The Balaban J connectivity index is 2.43. The van der Waals surface area contributed by atoms with Crippen molar-refractivity contribution >= 4 is 15.9 Å². The Morgan fingerprint density at radius 2 is 2.17 bits per heavy atom. The van der Waals surface area contributed by atoms with Gasteiger partial charge in [0.2, 0.25) is 0 Å². The van der Waals surface area contributed by atoms with Crippen molar-refractivity contribution in [3.8, 4) is 0 Å². The van der Waals surface area contributed by atoms with Gasteiger partial charge in [0.15, 0.2) is 0 Å². The van der Waals surface area contributed by atoms with E-state index in [2.05, 4.69) is 34.8 Å². The normalized spacial score (nSPS) is 14.8. The van der Waals surface area contributed by atoms with Crippen molar-refractivity contribution in [1.82, 2.24) is 4.90 Å². The van der Waals surface area contributed by atoms with Crippen LogP contribution in [0.15, 0.2) is 28.7 Å². The summed E-state index contributed by atoms with van der Waals surface area (Å²) in [5, 5.41) is 10.1. The molecule has 0 saturated heterocycles. The fourth-order valence-electron chi connectivity index (χ4n) is 1.80. The molecule has 0 aliphatic rings. The van der Waals surface area contributed by atoms with Gasteiger partial charge in [0.25, 0.3) is 0 Å². The van der Waals surface area contributed by atoms with E-state index in [4.69, 9.17) is 4.74 Å². The van der Waals surface area contributed by atoms with Crippen molar-refractivity contribution in [2.75, 3.05) is 27.3 Å². The summed E-state index contributed by atoms with van der Waals surface area (Å²) >= 11 is 3.42. The van der Waals surface area contributed by atoms with Crippen molar-refractivity contribution in [2.24, 2.45) is 0 Å². The number of aliphatic hydroxyl groups excluding tert-OH is 1. The molecule has 1 rings (SSSR count). The lowest BCUT2D eigenvalue weighted by atomic mass is 10.1. The first-order valence-corrected chi connectivity index (χ1v) is 6.96. The highest BCUT2D eigenvalue weighted by Crippen LogP contribution is 2.20. The SMILES string of the molecule is COCC(C)N(C)CCC(O)c1cccc(Br)c1. The highest BCUT2D eigenvalue weighted by Gasteiger charge is 2.12. The molecule has 1 aromatic rings. The molecule has 102 valence electrons. The Kier molecular flexibility index (Phi) is 6.86. The predicted octanol–water partition coefficient (Wildman–Crippen LogP) is 2.84. The van der Waals surface area contributed by atoms with Gasteiger partial charge in [-0.05, 0) is 38.1 Å². The molecule has 0 spiro atoms. The molecule has 0 aliphatic heterocycles. The van der Waals surface area contributed by atoms with E-state index >= 15 is 0 Å². The van der Waals surface area contributed by atoms with E-state index in [1.165, 1.54) is 0 Å². The molecule has 0 fully saturated rings. The molecular formula is C14H22BrNO2. The van der Waals surface area contributed by atoms with Crippen LogP contribution in [-0.4, -0.2) is 43.4 Å². The van der Waals surface area contributed by atoms with Crippen LogP contribution >= 0.6 is 15.9 Å². The second kappa shape index (κ2) is 7.89. The molecule has 0 radical (unpaired) electrons. The van der Waals surface area contributed by atoms with Crippen molar-refractivity contribution in [3.63, 3.8) is 0 Å². The maximum absolute atomic E-state index is 10.1. The van der Waals surface area contributed by atoms with E-state index in [1.807, 2.05) is 24.3 Å². The average molecular weight is 316 g/mol. The monoisotopic (exact) mass is 315 g/mol. The second-order valence-electron chi connectivity index (χ2n) is 4.64. The fraction of sp³-hybridized carbons (Fsp3) is 0.571. The summed E-state index contributed by atoms with van der Waals surface area (Å²) in [4.78, 5) is 2.20. The summed E-state index contributed by atoms with van der Waals surface area (Å²) in [6.45, 7) is 3.68. The number of methoxy groups -OCH3 is 1. The lowest BCUT2D eigenvalue weighted by Crippen LogP contribution is -2.34. The van der Waals surface area contributed by atoms with Crippen molar-refractivity contribution in [2.45, 2.75) is 25.5 Å². The number of nitrogens with zero attached hydrogens (tertiary/aromatic N) is 1. The van der Waals surface area contributed by atoms with Crippen molar-refractivity contribution in [3.05, 3.63) is 34.3 Å². The first-order chi connectivity index (χ1) is 8.54. The summed E-state index contributed by atoms with van der Waals surface area (Å²) in [5.74, 6) is 0. The average Bonchev–Trinajstić information content (AvgIpc) is 2.35. The molecule has 0 bridgehead atoms. The molecule has 3 nitrogen and oxygen atoms in total. The number of hydrogen-bond acceptors (Lipinski definition) is 3. The first kappa shape index (κ1) is 15.6. The van der Waals surface area contributed by atoms with Crippen molar-refractivity contribution in [1.29, 1.82) is 0 Å². The summed E-state index contributed by atoms with van der Waals surface area (Å²) in [5.41, 5.74) is 0.956. The zero-order valence-electron chi connectivity index (χ0n) is 11.3. The molecule has 0 aromatic heterocycles. The molecule has 4 heteroatoms. The minimum atomic E-state index is -0.417. The number of benzene rings is 1. The van der Waals surface area contributed by atoms with Crippen LogP contribution in [0.25, 0.3) is 0 Å². The van der Waals surface area contributed by atoms with Crippen LogP contribution in [0.2, 0.25) is 0 Å². The van der Waals surface area contributed by atoms with Gasteiger partial charge in [0.1, 0.15) is 0 Å². The largest absolute Gasteiger partial charge is 0.388 e. The lowest BCUT2D eigenvalue weighted by molar-refractivity contribution is 0.0960. The van der Waals surface area contributed by atoms with Crippen LogP contribution in [-0.2, 0) is 4.74 Å². The van der Waals surface area contributed by atoms with Gasteiger partial charge in [-0.25, -0.2) is 0 Å². The summed E-state index contributed by atoms with van der Waals surface area (Å²) in [7, 11) is 3.76. The summed E-state index contributed by atoms with van der Waals surface area (Å²) < 4.78 is 6.12. The Morgan fingerprint density at radius 3 is 2.78 bits per heavy atom. The third-order valence-corrected chi connectivity index (χ3v) is 3.64. The van der Waals surface area contributed by atoms with E-state index < -0.39 is 6.10 Å². The number of rotatable bonds is 7. The van der Waals surface area contributed by atoms with Crippen LogP contribution in [0.3, 0.4) is 0 Å². The molecule has 0 amide bonds. The van der Waals surface area contributed by atoms with Crippen LogP contribution in [0.4, 0.5) is 0 Å². The predicted molar refractivity (Wildman–Crippen MR) is 77.7 cm³/mol. The topological polar surface area (TPSA) is 32.7 Å². The highest BCUT2D eigenvalue weighted by molar-refractivity contribution is 9.10. The number of hydrogen-bond donors (Lipinski definition) is 1. The molecule has 0 saturated carbocycles. The zero-order chi connectivity index (χ0) is 13.5. The first-order valence-electron chi connectivity index (χ1n) is 6.17. The van der Waals surface area contributed by atoms with Gasteiger partial charge in [0.05, 0.1) is 12.7 Å². The van der Waals surface area contributed by atoms with Gasteiger partial charge in [0, 0.05) is 24.2 Å². The van der Waals surface area contributed by atoms with E-state index in [0.29, 0.717) is 12.6 Å². The van der Waals surface area contributed by atoms with Crippen LogP contribution in [0.5, 0.6) is 0 Å². The quantitative estimate of drug-likeness (QED) is 0.840. The van der Waals surface area contributed by atoms with Crippen molar-refractivity contribution < 1.29 is 9.84 Å². The minimum Gasteiger partial charge on any atom is -0.388 e. The molecule has 0 aliphatic carbocycles. The van der Waals surface area contributed by atoms with Gasteiger partial charge in [-0.2, -0.15) is 0 Å². The van der Waals surface area contributed by atoms with Gasteiger partial charge in [-0.15, -0.1) is 0 Å². The lowest BCUT2D eigenvalue weighted by Gasteiger charge is -2.25. The Morgan fingerprint density at radius 1 is 1.44 bits per heavy atom. The number of aliphatic hydroxyl groups is 1. The third kappa shape index (κ3) is 5.06. The Labute approximate surface area is 118 Å². The molecule has 0 heterocycles. The van der Waals surface area contributed by atoms with Crippen LogP contribution in [0.1, 0.15) is 25.0 Å². The standard InChI is InChI=1S/C14H22BrNO2/c1-11(10-18-3)16(2)8-7-14(17)12-5-4-6-13(15)9-12/h4-6,9,11,14,17H,7-8,10H2,1-3H3. The minimum absolute atomic E-state index is 0.365. The molecule has 18 heavy (non-hydrogen) atoms. The van der Waals surface area contributed by atoms with E-state index in [1.54, 1.807) is 7.11 Å². The van der Waals surface area contributed by atoms with Gasteiger partial charge in [-0.3, -0.25) is 0 Å². The second-order valence-corrected chi connectivity index (χ2v) is 5.56. The van der Waals surface area contributed by atoms with E-state index in [9.17, 15) is 5.11 Å². The van der Waals surface area contributed by atoms with Crippen LogP contribution < -0.4 is 0 Å². The smallest absolute Gasteiger partial charge is 0.0802 e. The zero-order valence-corrected chi connectivity index (χ0v) is 12.9. The van der Waals surface area contributed by atoms with E-state index in [0.717, 1.165) is 23.0 Å². The summed E-state index contributed by atoms with van der Waals surface area (Å²) in [6.07, 6.45) is 0.306.